The Bertz CT molecular complexity index is 2390. The molecule has 0 aromatic heterocycles. The Hall–Kier alpha value is -2.96. The van der Waals surface area contributed by atoms with Gasteiger partial charge in [-0.05, 0) is 6.92 Å². The molecule has 0 spiro atoms. The molecule has 0 aliphatic carbocycles. The summed E-state index contributed by atoms with van der Waals surface area (Å²) in [5.41, 5.74) is 0. The fourth-order valence-electron chi connectivity index (χ4n) is 10.7. The van der Waals surface area contributed by atoms with Crippen LogP contribution >= 0.6 is 0 Å². The normalized spacial score (nSPS) is 48.7. The van der Waals surface area contributed by atoms with Gasteiger partial charge in [0.25, 0.3) is 0 Å². The van der Waals surface area contributed by atoms with Gasteiger partial charge in [-0.15, -0.1) is 0 Å². The van der Waals surface area contributed by atoms with Crippen molar-refractivity contribution in [1.29, 1.82) is 0 Å². The Morgan fingerprint density at radius 3 is 1.41 bits per heavy atom. The van der Waals surface area contributed by atoms with Gasteiger partial charge in [-0.2, -0.15) is 8.42 Å². The number of hydrogen-bond donors (Lipinski definition) is 22. The highest BCUT2D eigenvalue weighted by atomic mass is 32.3. The van der Waals surface area contributed by atoms with Gasteiger partial charge < -0.3 is 169 Å². The maximum absolute atomic E-state index is 12.8. The molecule has 0 saturated carbocycles. The molecular formula is C46H76N2O39S. The van der Waals surface area contributed by atoms with Crippen molar-refractivity contribution in [2.45, 2.75) is 236 Å². The van der Waals surface area contributed by atoms with E-state index in [1.54, 1.807) is 0 Å². The maximum atomic E-state index is 12.8. The molecule has 1 unspecified atom stereocenters. The van der Waals surface area contributed by atoms with E-state index >= 15 is 0 Å². The summed E-state index contributed by atoms with van der Waals surface area (Å²) >= 11 is 0. The van der Waals surface area contributed by atoms with Crippen molar-refractivity contribution in [3.8, 4) is 0 Å². The van der Waals surface area contributed by atoms with E-state index in [1.807, 2.05) is 0 Å². The van der Waals surface area contributed by atoms with Crippen LogP contribution in [0.4, 0.5) is 0 Å². The summed E-state index contributed by atoms with van der Waals surface area (Å²) in [6, 6.07) is -3.68. The number of amides is 2. The third kappa shape index (κ3) is 16.1. The molecule has 42 heteroatoms. The van der Waals surface area contributed by atoms with Crippen molar-refractivity contribution in [2.24, 2.45) is 0 Å². The molecule has 88 heavy (non-hydrogen) atoms. The predicted octanol–water partition coefficient (Wildman–Crippen LogP) is -15.0. The SMILES string of the molecule is CC(=O)N[C@H]1[C@H](OC[C@H]2OC(O)[C@H](NC(C)=O)[C@@H](O[C@@H]3O[C@H](CO)[C@H](O[C@@H]4O[C@H](CO)[C@H](O)[C@H](O)[C@H]4O)[C@H](O[C@@H]4O[C@H](CO)[C@H](O)[C@H](O[C@@H]5O[C@H](C(=O)O)[C@@H](O)[C@H](O)[C@H]5O)[C@H]4O)[C@H]3O[C@@H]3O[C@@H](C)[C@@H](O)[C@@H](O)[C@@H]3O)[C@H]2O)O[C@H](COS(=O)(=O)O)[C@@H](O)[C@@H]1O. The molecule has 0 aromatic carbocycles. The number of carbonyl (C=O) groups excluding carboxylic acids is 2. The zero-order valence-corrected chi connectivity index (χ0v) is 47.2. The molecule has 7 aliphatic rings. The van der Waals surface area contributed by atoms with E-state index in [1.165, 1.54) is 6.92 Å². The van der Waals surface area contributed by atoms with E-state index in [0.717, 1.165) is 13.8 Å². The van der Waals surface area contributed by atoms with Crippen molar-refractivity contribution in [3.05, 3.63) is 0 Å². The Balaban J connectivity index is 1.31. The van der Waals surface area contributed by atoms with Crippen molar-refractivity contribution >= 4 is 28.2 Å². The Kier molecular flexibility index (Phi) is 25.0. The third-order valence-electron chi connectivity index (χ3n) is 15.5. The molecule has 41 nitrogen and oxygen atoms in total. The molecule has 510 valence electrons. The van der Waals surface area contributed by atoms with Crippen LogP contribution in [0.1, 0.15) is 20.8 Å². The lowest BCUT2D eigenvalue weighted by Gasteiger charge is -2.52. The van der Waals surface area contributed by atoms with Gasteiger partial charge in [0, 0.05) is 13.8 Å². The molecule has 0 aromatic rings. The average molecular weight is 1310 g/mol. The number of carboxylic acid groups (broad SMARTS) is 1. The van der Waals surface area contributed by atoms with Gasteiger partial charge in [0.05, 0.1) is 39.1 Å². The van der Waals surface area contributed by atoms with E-state index in [2.05, 4.69) is 14.8 Å². The first kappa shape index (κ1) is 72.5. The molecule has 7 aliphatic heterocycles. The van der Waals surface area contributed by atoms with Gasteiger partial charge in [-0.1, -0.05) is 0 Å². The monoisotopic (exact) mass is 1310 g/mol. The number of aliphatic hydroxyl groups excluding tert-OH is 18. The minimum Gasteiger partial charge on any atom is -0.479 e. The number of hydrogen-bond acceptors (Lipinski definition) is 37. The zero-order valence-electron chi connectivity index (χ0n) is 46.4. The van der Waals surface area contributed by atoms with E-state index in [-0.39, 0.29) is 0 Å². The van der Waals surface area contributed by atoms with Crippen LogP contribution in [-0.4, -0.2) is 376 Å². The molecule has 2 amide bonds. The van der Waals surface area contributed by atoms with Crippen LogP contribution in [0.2, 0.25) is 0 Å². The van der Waals surface area contributed by atoms with Crippen molar-refractivity contribution < 1.29 is 190 Å². The summed E-state index contributed by atoms with van der Waals surface area (Å²) in [5.74, 6) is -3.71. The van der Waals surface area contributed by atoms with E-state index in [4.69, 9.17) is 66.1 Å². The van der Waals surface area contributed by atoms with E-state index in [9.17, 15) is 120 Å². The molecule has 22 N–H and O–H groups in total. The highest BCUT2D eigenvalue weighted by Gasteiger charge is 2.60. The number of ether oxygens (including phenoxy) is 13. The zero-order chi connectivity index (χ0) is 65.3. The third-order valence-corrected chi connectivity index (χ3v) is 15.9. The molecule has 7 rings (SSSR count). The number of rotatable bonds is 22. The fraction of sp³-hybridized carbons (Fsp3) is 0.935. The molecule has 7 heterocycles. The first-order valence-electron chi connectivity index (χ1n) is 27.1. The van der Waals surface area contributed by atoms with Crippen molar-refractivity contribution in [2.75, 3.05) is 33.0 Å². The molecule has 7 fully saturated rings. The summed E-state index contributed by atoms with van der Waals surface area (Å²) in [6.45, 7) is -2.67. The first-order valence-corrected chi connectivity index (χ1v) is 28.5. The second-order valence-electron chi connectivity index (χ2n) is 21.6. The molecule has 0 radical (unpaired) electrons. The summed E-state index contributed by atoms with van der Waals surface area (Å²) in [4.78, 5) is 37.1. The number of aliphatic hydroxyl groups is 18. The van der Waals surface area contributed by atoms with Crippen LogP contribution in [0.15, 0.2) is 0 Å². The number of aliphatic carboxylic acids is 1. The van der Waals surface area contributed by atoms with Crippen LogP contribution in [0.5, 0.6) is 0 Å². The highest BCUT2D eigenvalue weighted by Crippen LogP contribution is 2.40. The van der Waals surface area contributed by atoms with Gasteiger partial charge >= 0.3 is 16.4 Å². The standard InChI is InChI=1S/C46H76N2O39S/c1-9-19(54)25(60)29(64)42(76-9)87-38-37(86-45-32(67)35(22(57)13(5-50)79-45)84-44-31(66)27(62)28(63)36(85-44)39(68)69)33(82-43-30(65)26(61)20(55)12(4-49)78-43)14(6-51)80-46(38)83-34-18(48-11(3)53)40(70)77-15(23(34)58)7-74-41-17(47-10(2)52)24(59)21(56)16(81-41)8-75-88(71,72)73/h9,12-38,40-46,49-51,54-67,70H,4-8H2,1-3H3,(H,47,52)(H,48,53)(H,68,69)(H,71,72,73)/t9-,12+,13+,14+,15+,16+,17+,18+,19+,20-,21+,22-,23-,24+,25+,26-,27-,28-,29-,30+,31+,32+,33-,34+,35-,36-,37-,38+,40?,41+,42-,43-,44+,45-,46-/m0/s1. The lowest BCUT2D eigenvalue weighted by Crippen LogP contribution is -2.71. The Morgan fingerprint density at radius 2 is 0.841 bits per heavy atom. The Morgan fingerprint density at radius 1 is 0.409 bits per heavy atom. The minimum atomic E-state index is -5.19. The number of nitrogens with one attached hydrogen (secondary N) is 2. The molecule has 35 atom stereocenters. The molecule has 7 saturated heterocycles. The quantitative estimate of drug-likeness (QED) is 0.0448. The van der Waals surface area contributed by atoms with Crippen LogP contribution in [0.25, 0.3) is 0 Å². The smallest absolute Gasteiger partial charge is 0.397 e. The fourth-order valence-corrected chi connectivity index (χ4v) is 11.0. The van der Waals surface area contributed by atoms with Crippen molar-refractivity contribution in [1.82, 2.24) is 10.6 Å². The van der Waals surface area contributed by atoms with E-state index in [0.29, 0.717) is 0 Å². The summed E-state index contributed by atoms with van der Waals surface area (Å²) in [5, 5.41) is 213. The van der Waals surface area contributed by atoms with Crippen molar-refractivity contribution in [3.63, 3.8) is 0 Å². The van der Waals surface area contributed by atoms with Crippen LogP contribution in [-0.2, 0) is 90.5 Å². The summed E-state index contributed by atoms with van der Waals surface area (Å²) < 4.78 is 112. The van der Waals surface area contributed by atoms with E-state index < -0.39 is 276 Å². The summed E-state index contributed by atoms with van der Waals surface area (Å²) in [6.07, 6.45) is -71.6. The highest BCUT2D eigenvalue weighted by molar-refractivity contribution is 7.80. The predicted molar refractivity (Wildman–Crippen MR) is 265 cm³/mol. The second kappa shape index (κ2) is 30.4. The lowest BCUT2D eigenvalue weighted by atomic mass is 9.93. The summed E-state index contributed by atoms with van der Waals surface area (Å²) in [7, 11) is -5.19. The second-order valence-corrected chi connectivity index (χ2v) is 22.7. The van der Waals surface area contributed by atoms with Gasteiger partial charge in [-0.25, -0.2) is 8.98 Å². The van der Waals surface area contributed by atoms with Crippen LogP contribution in [0.3, 0.4) is 0 Å². The largest absolute Gasteiger partial charge is 0.479 e. The van der Waals surface area contributed by atoms with Gasteiger partial charge in [-0.3, -0.25) is 14.1 Å². The van der Waals surface area contributed by atoms with Gasteiger partial charge in [0.1, 0.15) is 159 Å². The molecular weight excluding hydrogens is 1240 g/mol. The lowest BCUT2D eigenvalue weighted by molar-refractivity contribution is -0.419. The number of carboxylic acids is 1. The minimum absolute atomic E-state index is 0.854. The van der Waals surface area contributed by atoms with Crippen LogP contribution < -0.4 is 10.6 Å². The van der Waals surface area contributed by atoms with Crippen LogP contribution in [0, 0.1) is 0 Å². The Labute approximate surface area is 496 Å². The first-order chi connectivity index (χ1) is 41.2. The van der Waals surface area contributed by atoms with Gasteiger partial charge in [0.15, 0.2) is 50.1 Å². The topological polar surface area (TPSA) is 643 Å². The molecule has 0 bridgehead atoms. The number of carbonyl (C=O) groups is 3. The average Bonchev–Trinajstić information content (AvgIpc) is 1.49. The maximum Gasteiger partial charge on any atom is 0.397 e. The van der Waals surface area contributed by atoms with Gasteiger partial charge in [0.2, 0.25) is 11.8 Å².